The standard InChI is InChI=1S/C9H19N3O2/c1-3-7(4-2)6-11-9(13)5-8(10)12-14/h7,14H,3-6H2,1-2H3,(H2,10,12)(H,11,13). The van der Waals surface area contributed by atoms with Crippen molar-refractivity contribution in [1.29, 1.82) is 0 Å². The second kappa shape index (κ2) is 7.17. The molecule has 0 bridgehead atoms. The van der Waals surface area contributed by atoms with Crippen molar-refractivity contribution in [2.75, 3.05) is 6.54 Å². The summed E-state index contributed by atoms with van der Waals surface area (Å²) in [7, 11) is 0. The third-order valence-electron chi connectivity index (χ3n) is 2.21. The van der Waals surface area contributed by atoms with Gasteiger partial charge in [-0.05, 0) is 5.92 Å². The summed E-state index contributed by atoms with van der Waals surface area (Å²) < 4.78 is 0. The molecule has 0 aliphatic carbocycles. The first kappa shape index (κ1) is 12.7. The highest BCUT2D eigenvalue weighted by Gasteiger charge is 2.07. The Morgan fingerprint density at radius 1 is 1.50 bits per heavy atom. The molecule has 0 aromatic carbocycles. The number of carbonyl (C=O) groups excluding carboxylic acids is 1. The Morgan fingerprint density at radius 3 is 2.50 bits per heavy atom. The summed E-state index contributed by atoms with van der Waals surface area (Å²) in [6, 6.07) is 0. The van der Waals surface area contributed by atoms with Gasteiger partial charge in [0.25, 0.3) is 0 Å². The van der Waals surface area contributed by atoms with Crippen LogP contribution in [0.5, 0.6) is 0 Å². The molecule has 4 N–H and O–H groups in total. The Balaban J connectivity index is 3.73. The van der Waals surface area contributed by atoms with Crippen molar-refractivity contribution in [2.45, 2.75) is 33.1 Å². The van der Waals surface area contributed by atoms with Gasteiger partial charge in [0.15, 0.2) is 0 Å². The Labute approximate surface area is 84.4 Å². The van der Waals surface area contributed by atoms with E-state index in [2.05, 4.69) is 24.3 Å². The van der Waals surface area contributed by atoms with Gasteiger partial charge in [0, 0.05) is 6.54 Å². The number of nitrogens with zero attached hydrogens (tertiary/aromatic N) is 1. The van der Waals surface area contributed by atoms with Crippen molar-refractivity contribution >= 4 is 11.7 Å². The molecule has 0 aliphatic rings. The zero-order chi connectivity index (χ0) is 11.0. The van der Waals surface area contributed by atoms with Crippen molar-refractivity contribution in [3.05, 3.63) is 0 Å². The van der Waals surface area contributed by atoms with E-state index in [1.165, 1.54) is 0 Å². The number of carbonyl (C=O) groups is 1. The van der Waals surface area contributed by atoms with E-state index < -0.39 is 0 Å². The molecular formula is C9H19N3O2. The van der Waals surface area contributed by atoms with E-state index in [-0.39, 0.29) is 18.2 Å². The fourth-order valence-corrected chi connectivity index (χ4v) is 1.10. The SMILES string of the molecule is CCC(CC)CNC(=O)CC(N)=NO. The first-order valence-corrected chi connectivity index (χ1v) is 4.87. The number of amidine groups is 1. The maximum atomic E-state index is 11.2. The van der Waals surface area contributed by atoms with Crippen LogP contribution >= 0.6 is 0 Å². The summed E-state index contributed by atoms with van der Waals surface area (Å²) >= 11 is 0. The lowest BCUT2D eigenvalue weighted by atomic mass is 10.0. The summed E-state index contributed by atoms with van der Waals surface area (Å²) in [5.74, 6) is 0.241. The number of hydrogen-bond donors (Lipinski definition) is 3. The van der Waals surface area contributed by atoms with Crippen LogP contribution in [0.15, 0.2) is 5.16 Å². The zero-order valence-corrected chi connectivity index (χ0v) is 8.79. The molecule has 0 aromatic rings. The number of oxime groups is 1. The zero-order valence-electron chi connectivity index (χ0n) is 8.79. The molecule has 0 fully saturated rings. The fraction of sp³-hybridized carbons (Fsp3) is 0.778. The molecule has 82 valence electrons. The van der Waals surface area contributed by atoms with E-state index in [0.717, 1.165) is 12.8 Å². The molecule has 0 saturated heterocycles. The predicted octanol–water partition coefficient (Wildman–Crippen LogP) is 0.675. The number of nitrogens with one attached hydrogen (secondary N) is 1. The van der Waals surface area contributed by atoms with E-state index >= 15 is 0 Å². The maximum absolute atomic E-state index is 11.2. The van der Waals surface area contributed by atoms with Gasteiger partial charge in [-0.1, -0.05) is 31.8 Å². The highest BCUT2D eigenvalue weighted by Crippen LogP contribution is 2.04. The molecule has 1 amide bonds. The normalized spacial score (nSPS) is 11.8. The quantitative estimate of drug-likeness (QED) is 0.255. The van der Waals surface area contributed by atoms with Gasteiger partial charge in [-0.2, -0.15) is 0 Å². The predicted molar refractivity (Wildman–Crippen MR) is 55.1 cm³/mol. The maximum Gasteiger partial charge on any atom is 0.227 e. The summed E-state index contributed by atoms with van der Waals surface area (Å²) in [6.45, 7) is 4.83. The average Bonchev–Trinajstić information content (AvgIpc) is 2.19. The van der Waals surface area contributed by atoms with Crippen molar-refractivity contribution in [2.24, 2.45) is 16.8 Å². The Morgan fingerprint density at radius 2 is 2.07 bits per heavy atom. The molecule has 0 spiro atoms. The van der Waals surface area contributed by atoms with Gasteiger partial charge in [0.05, 0.1) is 6.42 Å². The monoisotopic (exact) mass is 201 g/mol. The molecule has 0 unspecified atom stereocenters. The summed E-state index contributed by atoms with van der Waals surface area (Å²) in [6.07, 6.45) is 2.04. The third kappa shape index (κ3) is 5.40. The minimum absolute atomic E-state index is 0.0450. The molecule has 5 nitrogen and oxygen atoms in total. The average molecular weight is 201 g/mol. The molecule has 0 rings (SSSR count). The third-order valence-corrected chi connectivity index (χ3v) is 2.21. The molecule has 0 atom stereocenters. The lowest BCUT2D eigenvalue weighted by Gasteiger charge is -2.12. The molecule has 0 heterocycles. The second-order valence-corrected chi connectivity index (χ2v) is 3.25. The Kier molecular flexibility index (Phi) is 6.53. The minimum Gasteiger partial charge on any atom is -0.409 e. The summed E-state index contributed by atoms with van der Waals surface area (Å²) in [5, 5.41) is 13.7. The van der Waals surface area contributed by atoms with Gasteiger partial charge in [-0.3, -0.25) is 4.79 Å². The van der Waals surface area contributed by atoms with E-state index in [0.29, 0.717) is 12.5 Å². The first-order chi connectivity index (χ1) is 6.63. The largest absolute Gasteiger partial charge is 0.409 e. The van der Waals surface area contributed by atoms with E-state index in [9.17, 15) is 4.79 Å². The van der Waals surface area contributed by atoms with Crippen LogP contribution in [-0.2, 0) is 4.79 Å². The van der Waals surface area contributed by atoms with Crippen LogP contribution < -0.4 is 11.1 Å². The molecule has 14 heavy (non-hydrogen) atoms. The lowest BCUT2D eigenvalue weighted by Crippen LogP contribution is -2.32. The molecule has 0 saturated carbocycles. The van der Waals surface area contributed by atoms with Gasteiger partial charge >= 0.3 is 0 Å². The van der Waals surface area contributed by atoms with E-state index in [1.54, 1.807) is 0 Å². The summed E-state index contributed by atoms with van der Waals surface area (Å²) in [5.41, 5.74) is 5.18. The summed E-state index contributed by atoms with van der Waals surface area (Å²) in [4.78, 5) is 11.2. The molecular weight excluding hydrogens is 182 g/mol. The number of nitrogens with two attached hydrogens (primary N) is 1. The Bertz CT molecular complexity index is 200. The number of hydrogen-bond acceptors (Lipinski definition) is 3. The highest BCUT2D eigenvalue weighted by molar-refractivity contribution is 5.98. The minimum atomic E-state index is -0.202. The van der Waals surface area contributed by atoms with Crippen molar-refractivity contribution in [3.8, 4) is 0 Å². The topological polar surface area (TPSA) is 87.7 Å². The molecule has 0 radical (unpaired) electrons. The van der Waals surface area contributed by atoms with Crippen LogP contribution in [0.4, 0.5) is 0 Å². The van der Waals surface area contributed by atoms with Gasteiger partial charge in [0.2, 0.25) is 5.91 Å². The van der Waals surface area contributed by atoms with Crippen molar-refractivity contribution < 1.29 is 10.0 Å². The van der Waals surface area contributed by atoms with Crippen LogP contribution in [0.3, 0.4) is 0 Å². The lowest BCUT2D eigenvalue weighted by molar-refractivity contribution is -0.120. The highest BCUT2D eigenvalue weighted by atomic mass is 16.4. The number of rotatable bonds is 6. The van der Waals surface area contributed by atoms with E-state index in [1.807, 2.05) is 0 Å². The van der Waals surface area contributed by atoms with Crippen molar-refractivity contribution in [3.63, 3.8) is 0 Å². The first-order valence-electron chi connectivity index (χ1n) is 4.87. The number of amides is 1. The van der Waals surface area contributed by atoms with Crippen LogP contribution in [0.25, 0.3) is 0 Å². The van der Waals surface area contributed by atoms with Crippen LogP contribution in [0, 0.1) is 5.92 Å². The molecule has 5 heteroatoms. The Hall–Kier alpha value is -1.26. The second-order valence-electron chi connectivity index (χ2n) is 3.25. The molecule has 0 aliphatic heterocycles. The van der Waals surface area contributed by atoms with Gasteiger partial charge < -0.3 is 16.3 Å². The van der Waals surface area contributed by atoms with Gasteiger partial charge in [-0.15, -0.1) is 0 Å². The van der Waals surface area contributed by atoms with E-state index in [4.69, 9.17) is 10.9 Å². The van der Waals surface area contributed by atoms with Crippen LogP contribution in [0.1, 0.15) is 33.1 Å². The molecule has 0 aromatic heterocycles. The smallest absolute Gasteiger partial charge is 0.227 e. The van der Waals surface area contributed by atoms with Gasteiger partial charge in [0.1, 0.15) is 5.84 Å². The van der Waals surface area contributed by atoms with Crippen molar-refractivity contribution in [1.82, 2.24) is 5.32 Å². The van der Waals surface area contributed by atoms with Gasteiger partial charge in [-0.25, -0.2) is 0 Å². The van der Waals surface area contributed by atoms with Crippen LogP contribution in [-0.4, -0.2) is 23.5 Å². The van der Waals surface area contributed by atoms with Crippen LogP contribution in [0.2, 0.25) is 0 Å². The fourth-order valence-electron chi connectivity index (χ4n) is 1.10.